The Bertz CT molecular complexity index is 407. The number of fused-ring (bicyclic) bond motifs is 1. The van der Waals surface area contributed by atoms with Crippen LogP contribution in [-0.4, -0.2) is 65.2 Å². The van der Waals surface area contributed by atoms with Crippen LogP contribution in [0.15, 0.2) is 0 Å². The molecule has 0 radical (unpaired) electrons. The fraction of sp³-hybridized carbons (Fsp3) is 0.867. The molecule has 21 heavy (non-hydrogen) atoms. The van der Waals surface area contributed by atoms with Crippen LogP contribution >= 0.6 is 0 Å². The zero-order valence-corrected chi connectivity index (χ0v) is 12.5. The highest BCUT2D eigenvalue weighted by atomic mass is 16.4. The third-order valence-corrected chi connectivity index (χ3v) is 5.28. The molecular formula is C15H25N3O3. The van der Waals surface area contributed by atoms with Gasteiger partial charge >= 0.3 is 12.0 Å². The lowest BCUT2D eigenvalue weighted by molar-refractivity contribution is -0.143. The Hall–Kier alpha value is -1.30. The Balaban J connectivity index is 1.45. The maximum atomic E-state index is 12.3. The van der Waals surface area contributed by atoms with Crippen molar-refractivity contribution in [2.75, 3.05) is 26.2 Å². The molecule has 2 unspecified atom stereocenters. The lowest BCUT2D eigenvalue weighted by atomic mass is 9.96. The molecule has 3 rings (SSSR count). The van der Waals surface area contributed by atoms with Gasteiger partial charge in [0.2, 0.25) is 0 Å². The number of hydrogen-bond donors (Lipinski definition) is 2. The lowest BCUT2D eigenvalue weighted by Gasteiger charge is -2.37. The van der Waals surface area contributed by atoms with Crippen molar-refractivity contribution in [1.82, 2.24) is 15.1 Å². The van der Waals surface area contributed by atoms with Crippen LogP contribution in [0.3, 0.4) is 0 Å². The maximum absolute atomic E-state index is 12.3. The number of aliphatic carboxylic acids is 1. The van der Waals surface area contributed by atoms with Crippen molar-refractivity contribution < 1.29 is 14.7 Å². The summed E-state index contributed by atoms with van der Waals surface area (Å²) in [5, 5.41) is 12.1. The minimum atomic E-state index is -0.733. The number of rotatable bonds is 2. The second kappa shape index (κ2) is 6.22. The molecule has 0 aromatic rings. The van der Waals surface area contributed by atoms with Crippen molar-refractivity contribution >= 4 is 12.0 Å². The Labute approximate surface area is 125 Å². The average molecular weight is 295 g/mol. The number of amides is 2. The Morgan fingerprint density at radius 1 is 1.00 bits per heavy atom. The van der Waals surface area contributed by atoms with E-state index in [2.05, 4.69) is 10.2 Å². The standard InChI is InChI=1S/C15H25N3O3/c19-14(20)11-3-7-18(8-4-11)15(21)16-12-5-9-17-6-1-2-13(17)10-12/h11-13H,1-10H2,(H,16,21)(H,19,20). The first-order chi connectivity index (χ1) is 10.1. The minimum Gasteiger partial charge on any atom is -0.481 e. The monoisotopic (exact) mass is 295 g/mol. The van der Waals surface area contributed by atoms with E-state index in [0.29, 0.717) is 32.0 Å². The number of nitrogens with zero attached hydrogens (tertiary/aromatic N) is 2. The summed E-state index contributed by atoms with van der Waals surface area (Å²) in [6.45, 7) is 3.43. The number of piperidine rings is 2. The molecule has 0 bridgehead atoms. The Kier molecular flexibility index (Phi) is 4.33. The van der Waals surface area contributed by atoms with Crippen LogP contribution in [0.25, 0.3) is 0 Å². The van der Waals surface area contributed by atoms with Gasteiger partial charge in [0.1, 0.15) is 0 Å². The fourth-order valence-electron chi connectivity index (χ4n) is 3.95. The number of urea groups is 1. The van der Waals surface area contributed by atoms with Gasteiger partial charge in [-0.15, -0.1) is 0 Å². The third kappa shape index (κ3) is 3.31. The molecule has 0 aliphatic carbocycles. The minimum absolute atomic E-state index is 0.00437. The largest absolute Gasteiger partial charge is 0.481 e. The zero-order chi connectivity index (χ0) is 14.8. The van der Waals surface area contributed by atoms with Gasteiger partial charge in [-0.2, -0.15) is 0 Å². The zero-order valence-electron chi connectivity index (χ0n) is 12.5. The highest BCUT2D eigenvalue weighted by Gasteiger charge is 2.33. The van der Waals surface area contributed by atoms with Gasteiger partial charge in [-0.3, -0.25) is 4.79 Å². The Morgan fingerprint density at radius 3 is 2.48 bits per heavy atom. The summed E-state index contributed by atoms with van der Waals surface area (Å²) >= 11 is 0. The molecule has 3 saturated heterocycles. The first-order valence-corrected chi connectivity index (χ1v) is 8.16. The molecule has 3 aliphatic heterocycles. The molecule has 0 aromatic heterocycles. The van der Waals surface area contributed by atoms with E-state index in [0.717, 1.165) is 19.4 Å². The highest BCUT2D eigenvalue weighted by Crippen LogP contribution is 2.27. The van der Waals surface area contributed by atoms with E-state index in [1.807, 2.05) is 0 Å². The van der Waals surface area contributed by atoms with E-state index >= 15 is 0 Å². The van der Waals surface area contributed by atoms with Crippen molar-refractivity contribution in [2.45, 2.75) is 50.6 Å². The quantitative estimate of drug-likeness (QED) is 0.801. The van der Waals surface area contributed by atoms with Crippen molar-refractivity contribution in [1.29, 1.82) is 0 Å². The maximum Gasteiger partial charge on any atom is 0.317 e. The summed E-state index contributed by atoms with van der Waals surface area (Å²) in [4.78, 5) is 27.5. The van der Waals surface area contributed by atoms with E-state index in [4.69, 9.17) is 5.11 Å². The van der Waals surface area contributed by atoms with Crippen LogP contribution in [0.1, 0.15) is 38.5 Å². The number of carboxylic acids is 1. The molecule has 2 N–H and O–H groups in total. The average Bonchev–Trinajstić information content (AvgIpc) is 2.95. The van der Waals surface area contributed by atoms with E-state index in [-0.39, 0.29) is 18.0 Å². The molecule has 3 fully saturated rings. The van der Waals surface area contributed by atoms with Gasteiger partial charge in [0.05, 0.1) is 5.92 Å². The van der Waals surface area contributed by atoms with Crippen LogP contribution in [-0.2, 0) is 4.79 Å². The molecule has 0 spiro atoms. The molecule has 0 aromatic carbocycles. The molecule has 0 saturated carbocycles. The Morgan fingerprint density at radius 2 is 1.76 bits per heavy atom. The molecule has 2 atom stereocenters. The smallest absolute Gasteiger partial charge is 0.317 e. The highest BCUT2D eigenvalue weighted by molar-refractivity contribution is 5.75. The van der Waals surface area contributed by atoms with Gasteiger partial charge in [0, 0.05) is 31.7 Å². The lowest BCUT2D eigenvalue weighted by Crippen LogP contribution is -2.52. The van der Waals surface area contributed by atoms with E-state index in [1.165, 1.54) is 19.4 Å². The van der Waals surface area contributed by atoms with E-state index < -0.39 is 5.97 Å². The van der Waals surface area contributed by atoms with Gasteiger partial charge in [-0.25, -0.2) is 4.79 Å². The molecule has 3 aliphatic rings. The van der Waals surface area contributed by atoms with E-state index in [9.17, 15) is 9.59 Å². The molecule has 2 amide bonds. The molecule has 6 nitrogen and oxygen atoms in total. The summed E-state index contributed by atoms with van der Waals surface area (Å²) in [5.74, 6) is -1.01. The molecule has 118 valence electrons. The summed E-state index contributed by atoms with van der Waals surface area (Å²) in [6, 6.07) is 0.936. The van der Waals surface area contributed by atoms with Crippen molar-refractivity contribution in [3.05, 3.63) is 0 Å². The number of likely N-dealkylation sites (tertiary alicyclic amines) is 1. The summed E-state index contributed by atoms with van der Waals surface area (Å²) in [7, 11) is 0. The normalized spacial score (nSPS) is 31.0. The van der Waals surface area contributed by atoms with Crippen molar-refractivity contribution in [3.8, 4) is 0 Å². The van der Waals surface area contributed by atoms with Gasteiger partial charge in [0.25, 0.3) is 0 Å². The first kappa shape index (κ1) is 14.6. The summed E-state index contributed by atoms with van der Waals surface area (Å²) < 4.78 is 0. The third-order valence-electron chi connectivity index (χ3n) is 5.28. The van der Waals surface area contributed by atoms with Gasteiger partial charge in [0.15, 0.2) is 0 Å². The van der Waals surface area contributed by atoms with Gasteiger partial charge < -0.3 is 20.2 Å². The number of nitrogens with one attached hydrogen (secondary N) is 1. The van der Waals surface area contributed by atoms with E-state index in [1.54, 1.807) is 4.90 Å². The predicted octanol–water partition coefficient (Wildman–Crippen LogP) is 1.12. The van der Waals surface area contributed by atoms with Crippen molar-refractivity contribution in [3.63, 3.8) is 0 Å². The number of carbonyl (C=O) groups is 2. The SMILES string of the molecule is O=C(O)C1CCN(C(=O)NC2CCN3CCCC3C2)CC1. The van der Waals surface area contributed by atoms with Crippen molar-refractivity contribution in [2.24, 2.45) is 5.92 Å². The fourth-order valence-corrected chi connectivity index (χ4v) is 3.95. The van der Waals surface area contributed by atoms with Crippen LogP contribution < -0.4 is 5.32 Å². The van der Waals surface area contributed by atoms with Crippen LogP contribution in [0.5, 0.6) is 0 Å². The van der Waals surface area contributed by atoms with Crippen LogP contribution in [0.4, 0.5) is 4.79 Å². The van der Waals surface area contributed by atoms with Crippen LogP contribution in [0.2, 0.25) is 0 Å². The molecular weight excluding hydrogens is 270 g/mol. The number of carboxylic acid groups (broad SMARTS) is 1. The summed E-state index contributed by atoms with van der Waals surface area (Å²) in [6.07, 6.45) is 5.79. The predicted molar refractivity (Wildman–Crippen MR) is 78.1 cm³/mol. The molecule has 3 heterocycles. The summed E-state index contributed by atoms with van der Waals surface area (Å²) in [5.41, 5.74) is 0. The second-order valence-electron chi connectivity index (χ2n) is 6.60. The number of hydrogen-bond acceptors (Lipinski definition) is 3. The second-order valence-corrected chi connectivity index (χ2v) is 6.60. The first-order valence-electron chi connectivity index (χ1n) is 8.16. The van der Waals surface area contributed by atoms with Gasteiger partial charge in [-0.1, -0.05) is 0 Å². The van der Waals surface area contributed by atoms with Crippen LogP contribution in [0, 0.1) is 5.92 Å². The topological polar surface area (TPSA) is 72.9 Å². The molecule has 6 heteroatoms. The van der Waals surface area contributed by atoms with Gasteiger partial charge in [-0.05, 0) is 45.1 Å². The number of carbonyl (C=O) groups excluding carboxylic acids is 1.